The number of anilines is 7. The standard InChI is InChI=1S/C20H12ClF6N3O.C20H14ClF3N2O3S.C19H16Cl2N4O2.C19H15Cl2N3O3S.C19H15ClN2O3S/c1-10-13(4-7-17(29-10)20(25,26)27)18(31)30-12-3-5-15(21)14(8-12)16-6-2-11(9-28-16)19(22,23)24;1-30(28,29)15-6-2-12(3-7-15)19(27)26-14-5-8-17(21)16(10-14)18-9-4-13(11-25-18)20(22,23)24;20-15-5-4-13(10-14(15)17-3-1-2-6-22-17)25-19(27)12-9-16(21)18(24-11-12)23-7-8-26;1-28(26,27)24-13-5-7-14(17(21)11-13)19(25)23-12-6-8-16(20)15(10-12)18-4-2-3-9-22-18;1-26(24,25)15-8-5-13(6-9-15)19(23)22-14-7-10-17(20)16(12-14)18-4-2-3-11-21-18/h2-9H,1H3,(H,30,31);2-11H,1H3,(H,26,27);1-6,9-11,26H,7-8H2,(H,23,24)(H,25,27);2-11,24H,1H3,(H,23,25);2-12H,1H3,(H,22,23). The Morgan fingerprint density at radius 1 is 0.331 bits per heavy atom. The minimum atomic E-state index is -4.64. The highest BCUT2D eigenvalue weighted by atomic mass is 35.5. The molecule has 5 amide bonds. The summed E-state index contributed by atoms with van der Waals surface area (Å²) >= 11 is 43.3. The van der Waals surface area contributed by atoms with Gasteiger partial charge in [0.15, 0.2) is 19.7 Å². The summed E-state index contributed by atoms with van der Waals surface area (Å²) in [7, 11) is -10.1. The number of amides is 5. The molecule has 15 aromatic rings. The molecule has 0 saturated heterocycles. The molecule has 45 heteroatoms. The van der Waals surface area contributed by atoms with Crippen molar-refractivity contribution in [3.05, 3.63) is 377 Å². The SMILES string of the molecule is CS(=O)(=O)Nc1ccc(C(=O)Nc2ccc(Cl)c(-c3ccccn3)c2)c(Cl)c1.CS(=O)(=O)c1ccc(C(=O)Nc2ccc(Cl)c(-c3ccc(C(F)(F)F)cn3)c2)cc1.CS(=O)(=O)c1ccc(C(=O)Nc2ccc(Cl)c(-c3ccccn3)c2)cc1.Cc1nc(C(F)(F)F)ccc1C(=O)Nc1ccc(Cl)c(-c2ccc(C(F)(F)F)cn2)c1.O=C(Nc1ccc(Cl)c(-c2ccccn2)c1)c1cnc(NCCO)c(Cl)c1. The summed E-state index contributed by atoms with van der Waals surface area (Å²) in [5, 5.41) is 27.6. The normalized spacial score (nSPS) is 11.4. The van der Waals surface area contributed by atoms with Crippen LogP contribution in [0.25, 0.3) is 56.3 Å². The van der Waals surface area contributed by atoms with Crippen LogP contribution in [0.3, 0.4) is 0 Å². The van der Waals surface area contributed by atoms with Crippen molar-refractivity contribution in [2.24, 2.45) is 0 Å². The molecule has 732 valence electrons. The first-order chi connectivity index (χ1) is 67.0. The Bertz CT molecular complexity index is 7530. The summed E-state index contributed by atoms with van der Waals surface area (Å²) in [5.41, 5.74) is 5.59. The van der Waals surface area contributed by atoms with E-state index >= 15 is 0 Å². The van der Waals surface area contributed by atoms with Gasteiger partial charge in [-0.25, -0.2) is 35.2 Å². The van der Waals surface area contributed by atoms with Crippen LogP contribution in [0, 0.1) is 6.92 Å². The second-order valence-corrected chi connectivity index (χ2v) is 38.6. The molecule has 0 aliphatic heterocycles. The molecule has 0 bridgehead atoms. The van der Waals surface area contributed by atoms with Crippen molar-refractivity contribution in [3.63, 3.8) is 0 Å². The lowest BCUT2D eigenvalue weighted by Crippen LogP contribution is -2.16. The Hall–Kier alpha value is -14.0. The molecular formula is C97H72Cl7F9N14O12S3. The maximum atomic E-state index is 12.7. The predicted molar refractivity (Wildman–Crippen MR) is 531 cm³/mol. The zero-order valence-electron chi connectivity index (χ0n) is 73.5. The lowest BCUT2D eigenvalue weighted by atomic mass is 10.1. The van der Waals surface area contributed by atoms with Crippen LogP contribution in [-0.4, -0.2) is 127 Å². The van der Waals surface area contributed by atoms with Gasteiger partial charge in [0, 0.05) is 129 Å². The fourth-order valence-corrected chi connectivity index (χ4v) is 15.9. The molecule has 26 nitrogen and oxygen atoms in total. The van der Waals surface area contributed by atoms with E-state index < -0.39 is 82.8 Å². The monoisotopic (exact) mass is 2140 g/mol. The van der Waals surface area contributed by atoms with Crippen LogP contribution >= 0.6 is 81.2 Å². The first-order valence-corrected chi connectivity index (χ1v) is 49.1. The molecular weight excluding hydrogens is 2070 g/mol. The minimum absolute atomic E-state index is 0.0462. The molecule has 0 radical (unpaired) electrons. The smallest absolute Gasteiger partial charge is 0.395 e. The van der Waals surface area contributed by atoms with Crippen LogP contribution in [0.5, 0.6) is 0 Å². The highest BCUT2D eigenvalue weighted by Crippen LogP contribution is 2.39. The van der Waals surface area contributed by atoms with Gasteiger partial charge in [-0.2, -0.15) is 39.5 Å². The highest BCUT2D eigenvalue weighted by molar-refractivity contribution is 7.92. The zero-order valence-corrected chi connectivity index (χ0v) is 81.2. The van der Waals surface area contributed by atoms with Gasteiger partial charge in [-0.3, -0.25) is 53.6 Å². The highest BCUT2D eigenvalue weighted by Gasteiger charge is 2.35. The van der Waals surface area contributed by atoms with Gasteiger partial charge in [0.1, 0.15) is 11.5 Å². The topological polar surface area (TPSA) is 382 Å². The number of hydrogen-bond acceptors (Lipinski definition) is 20. The van der Waals surface area contributed by atoms with Gasteiger partial charge in [0.2, 0.25) is 10.0 Å². The minimum Gasteiger partial charge on any atom is -0.395 e. The van der Waals surface area contributed by atoms with Crippen molar-refractivity contribution in [2.75, 3.05) is 68.5 Å². The molecule has 0 unspecified atom stereocenters. The van der Waals surface area contributed by atoms with Crippen LogP contribution in [0.2, 0.25) is 35.2 Å². The summed E-state index contributed by atoms with van der Waals surface area (Å²) in [6, 6.07) is 63.3. The van der Waals surface area contributed by atoms with Crippen molar-refractivity contribution < 1.29 is 93.8 Å². The second kappa shape index (κ2) is 47.5. The number of carbonyl (C=O) groups excluding carboxylic acids is 5. The first-order valence-electron chi connectivity index (χ1n) is 40.8. The van der Waals surface area contributed by atoms with Gasteiger partial charge in [-0.15, -0.1) is 0 Å². The van der Waals surface area contributed by atoms with E-state index in [1.807, 2.05) is 48.5 Å². The Balaban J connectivity index is 0.000000170. The molecule has 8 N–H and O–H groups in total. The van der Waals surface area contributed by atoms with Gasteiger partial charge < -0.3 is 37.0 Å². The third-order valence-corrected chi connectivity index (χ3v) is 24.5. The third-order valence-electron chi connectivity index (χ3n) is 19.4. The number of hydrogen-bond donors (Lipinski definition) is 8. The number of aromatic nitrogens is 7. The van der Waals surface area contributed by atoms with Crippen LogP contribution in [-0.2, 0) is 48.2 Å². The van der Waals surface area contributed by atoms with Crippen molar-refractivity contribution in [3.8, 4) is 56.3 Å². The molecule has 8 aromatic carbocycles. The summed E-state index contributed by atoms with van der Waals surface area (Å²) < 4.78 is 185. The Morgan fingerprint density at radius 3 is 0.965 bits per heavy atom. The number of aryl methyl sites for hydroxylation is 1. The largest absolute Gasteiger partial charge is 0.433 e. The second-order valence-electron chi connectivity index (χ2n) is 29.9. The average Bonchev–Trinajstić information content (AvgIpc) is 0.797. The molecule has 7 heterocycles. The van der Waals surface area contributed by atoms with E-state index in [1.165, 1.54) is 128 Å². The van der Waals surface area contributed by atoms with Crippen LogP contribution in [0.4, 0.5) is 79.5 Å². The lowest BCUT2D eigenvalue weighted by molar-refractivity contribution is -0.141. The number of aliphatic hydroxyl groups excluding tert-OH is 1. The van der Waals surface area contributed by atoms with Crippen molar-refractivity contribution in [1.29, 1.82) is 0 Å². The number of nitrogens with zero attached hydrogens (tertiary/aromatic N) is 7. The van der Waals surface area contributed by atoms with Crippen molar-refractivity contribution >= 4 is 180 Å². The molecule has 0 saturated carbocycles. The predicted octanol–water partition coefficient (Wildman–Crippen LogP) is 24.3. The summed E-state index contributed by atoms with van der Waals surface area (Å²) in [6.45, 7) is 1.54. The Morgan fingerprint density at radius 2 is 0.669 bits per heavy atom. The maximum absolute atomic E-state index is 12.7. The molecule has 0 fully saturated rings. The van der Waals surface area contributed by atoms with E-state index in [0.717, 1.165) is 48.6 Å². The fourth-order valence-electron chi connectivity index (χ4n) is 12.5. The average molecular weight is 2140 g/mol. The number of sulfone groups is 2. The van der Waals surface area contributed by atoms with Crippen LogP contribution in [0.15, 0.2) is 302 Å². The van der Waals surface area contributed by atoms with Gasteiger partial charge in [0.05, 0.1) is 120 Å². The van der Waals surface area contributed by atoms with E-state index in [4.69, 9.17) is 86.3 Å². The Labute approximate surface area is 840 Å². The third kappa shape index (κ3) is 30.7. The fraction of sp³-hybridized carbons (Fsp3) is 0.0928. The van der Waals surface area contributed by atoms with E-state index in [0.29, 0.717) is 119 Å². The zero-order chi connectivity index (χ0) is 103. The van der Waals surface area contributed by atoms with Crippen LogP contribution < -0.4 is 36.6 Å². The lowest BCUT2D eigenvalue weighted by Gasteiger charge is -2.12. The van der Waals surface area contributed by atoms with Gasteiger partial charge in [-0.05, 0) is 244 Å². The summed E-state index contributed by atoms with van der Waals surface area (Å²) in [5.74, 6) is -1.95. The van der Waals surface area contributed by atoms with Crippen LogP contribution in [0.1, 0.15) is 74.3 Å². The molecule has 0 aliphatic carbocycles. The summed E-state index contributed by atoms with van der Waals surface area (Å²) in [6.07, 6.45) is -2.69. The first kappa shape index (κ1) is 108. The number of pyridine rings is 7. The number of rotatable bonds is 22. The van der Waals surface area contributed by atoms with Gasteiger partial charge in [-0.1, -0.05) is 99.4 Å². The number of nitrogens with one attached hydrogen (secondary N) is 7. The van der Waals surface area contributed by atoms with E-state index in [1.54, 1.807) is 79.3 Å². The number of sulfonamides is 1. The van der Waals surface area contributed by atoms with Gasteiger partial charge >= 0.3 is 18.5 Å². The maximum Gasteiger partial charge on any atom is 0.433 e. The number of halogens is 16. The molecule has 0 spiro atoms. The van der Waals surface area contributed by atoms with E-state index in [2.05, 4.69) is 71.5 Å². The molecule has 0 atom stereocenters. The number of carbonyl (C=O) groups is 5. The quantitative estimate of drug-likeness (QED) is 0.0292. The summed E-state index contributed by atoms with van der Waals surface area (Å²) in [4.78, 5) is 90.6. The molecule has 142 heavy (non-hydrogen) atoms. The van der Waals surface area contributed by atoms with E-state index in [-0.39, 0.29) is 94.0 Å². The van der Waals surface area contributed by atoms with Gasteiger partial charge in [0.25, 0.3) is 29.5 Å². The number of aliphatic hydroxyl groups is 1. The molecule has 15 rings (SSSR count). The van der Waals surface area contributed by atoms with Crippen molar-refractivity contribution in [1.82, 2.24) is 34.9 Å². The van der Waals surface area contributed by atoms with Crippen molar-refractivity contribution in [2.45, 2.75) is 35.2 Å². The number of benzene rings is 8. The number of alkyl halides is 9. The molecule has 7 aromatic heterocycles. The Kier molecular flexibility index (Phi) is 36.2. The molecule has 0 aliphatic rings. The van der Waals surface area contributed by atoms with E-state index in [9.17, 15) is 88.7 Å².